The van der Waals surface area contributed by atoms with Gasteiger partial charge in [-0.3, -0.25) is 4.79 Å². The van der Waals surface area contributed by atoms with Crippen molar-refractivity contribution in [1.82, 2.24) is 15.5 Å². The predicted octanol–water partition coefficient (Wildman–Crippen LogP) is 3.69. The summed E-state index contributed by atoms with van der Waals surface area (Å²) in [6.07, 6.45) is 0.946. The molecule has 166 valence electrons. The number of carbonyl (C=O) groups is 1. The Morgan fingerprint density at radius 1 is 1.10 bits per heavy atom. The molecule has 1 aromatic carbocycles. The number of ether oxygens (including phenoxy) is 3. The van der Waals surface area contributed by atoms with Gasteiger partial charge in [-0.05, 0) is 23.9 Å². The molecule has 11 heteroatoms. The molecule has 0 saturated heterocycles. The topological polar surface area (TPSA) is 94.6 Å². The summed E-state index contributed by atoms with van der Waals surface area (Å²) in [6.45, 7) is 1.11. The third-order valence-corrected chi connectivity index (χ3v) is 7.17. The lowest BCUT2D eigenvalue weighted by Gasteiger charge is -2.14. The van der Waals surface area contributed by atoms with Gasteiger partial charge in [0.15, 0.2) is 15.8 Å². The molecule has 8 nitrogen and oxygen atoms in total. The van der Waals surface area contributed by atoms with Crippen molar-refractivity contribution >= 4 is 45.5 Å². The number of nitrogens with one attached hydrogen (secondary N) is 2. The molecule has 31 heavy (non-hydrogen) atoms. The van der Waals surface area contributed by atoms with Crippen LogP contribution in [0.25, 0.3) is 0 Å². The number of nitrogens with zero attached hydrogens (tertiary/aromatic N) is 2. The fourth-order valence-electron chi connectivity index (χ4n) is 2.69. The van der Waals surface area contributed by atoms with Gasteiger partial charge in [0.05, 0.1) is 27.1 Å². The minimum atomic E-state index is -0.107. The van der Waals surface area contributed by atoms with E-state index in [2.05, 4.69) is 32.3 Å². The molecule has 2 aromatic heterocycles. The van der Waals surface area contributed by atoms with Gasteiger partial charge in [0.1, 0.15) is 5.75 Å². The van der Waals surface area contributed by atoms with Crippen LogP contribution in [0.2, 0.25) is 0 Å². The van der Waals surface area contributed by atoms with Crippen LogP contribution in [0.15, 0.2) is 34.0 Å². The normalized spacial score (nSPS) is 10.5. The average molecular weight is 481 g/mol. The van der Waals surface area contributed by atoms with Crippen molar-refractivity contribution in [2.75, 3.05) is 38.9 Å². The minimum absolute atomic E-state index is 0.107. The zero-order valence-corrected chi connectivity index (χ0v) is 19.9. The summed E-state index contributed by atoms with van der Waals surface area (Å²) in [7, 11) is 4.70. The molecule has 3 rings (SSSR count). The largest absolute Gasteiger partial charge is 0.496 e. The lowest BCUT2D eigenvalue weighted by Crippen LogP contribution is -2.24. The van der Waals surface area contributed by atoms with Crippen molar-refractivity contribution in [2.45, 2.75) is 17.3 Å². The highest BCUT2D eigenvalue weighted by Crippen LogP contribution is 2.34. The van der Waals surface area contributed by atoms with Crippen LogP contribution in [0.1, 0.15) is 10.4 Å². The molecule has 0 fully saturated rings. The summed E-state index contributed by atoms with van der Waals surface area (Å²) in [5.41, 5.74) is 0.798. The van der Waals surface area contributed by atoms with Gasteiger partial charge in [-0.2, -0.15) is 0 Å². The molecule has 0 radical (unpaired) electrons. The van der Waals surface area contributed by atoms with E-state index >= 15 is 0 Å². The van der Waals surface area contributed by atoms with Crippen molar-refractivity contribution in [1.29, 1.82) is 0 Å². The maximum atomic E-state index is 12.3. The molecular formula is C20H24N4O4S3. The Labute approximate surface area is 193 Å². The van der Waals surface area contributed by atoms with Crippen molar-refractivity contribution in [3.05, 3.63) is 40.1 Å². The van der Waals surface area contributed by atoms with Crippen LogP contribution in [0.3, 0.4) is 0 Å². The molecule has 0 aliphatic heterocycles. The highest BCUT2D eigenvalue weighted by atomic mass is 32.2. The molecule has 0 spiro atoms. The highest BCUT2D eigenvalue weighted by molar-refractivity contribution is 8.01. The average Bonchev–Trinajstić information content (AvgIpc) is 3.47. The fourth-order valence-corrected chi connectivity index (χ4v) is 5.01. The standard InChI is InChI=1S/C20H24N4O4S3/c1-26-15-10-17(28-3)16(27-2)9-13(15)11-22-18(25)12-30-20-24-23-19(31-20)21-7-6-14-5-4-8-29-14/h4-5,8-10H,6-7,11-12H2,1-3H3,(H,21,23)(H,22,25). The Balaban J connectivity index is 1.45. The van der Waals surface area contributed by atoms with Gasteiger partial charge >= 0.3 is 0 Å². The summed E-state index contributed by atoms with van der Waals surface area (Å²) in [6, 6.07) is 7.70. The van der Waals surface area contributed by atoms with Crippen LogP contribution in [0.5, 0.6) is 17.2 Å². The number of rotatable bonds is 12. The third-order valence-electron chi connectivity index (χ3n) is 4.22. The highest BCUT2D eigenvalue weighted by Gasteiger charge is 2.13. The first-order chi connectivity index (χ1) is 15.1. The van der Waals surface area contributed by atoms with E-state index in [1.165, 1.54) is 28.0 Å². The van der Waals surface area contributed by atoms with Gasteiger partial charge in [-0.25, -0.2) is 0 Å². The van der Waals surface area contributed by atoms with Gasteiger partial charge in [-0.1, -0.05) is 29.2 Å². The zero-order valence-electron chi connectivity index (χ0n) is 17.5. The summed E-state index contributed by atoms with van der Waals surface area (Å²) < 4.78 is 16.7. The van der Waals surface area contributed by atoms with E-state index < -0.39 is 0 Å². The van der Waals surface area contributed by atoms with Crippen molar-refractivity contribution in [3.8, 4) is 17.2 Å². The van der Waals surface area contributed by atoms with E-state index in [4.69, 9.17) is 14.2 Å². The van der Waals surface area contributed by atoms with Crippen LogP contribution in [0, 0.1) is 0 Å². The van der Waals surface area contributed by atoms with Gasteiger partial charge in [-0.15, -0.1) is 21.5 Å². The molecule has 2 N–H and O–H groups in total. The maximum Gasteiger partial charge on any atom is 0.230 e. The SMILES string of the molecule is COc1cc(OC)c(OC)cc1CNC(=O)CSc1nnc(NCCc2cccs2)s1. The number of anilines is 1. The van der Waals surface area contributed by atoms with E-state index in [1.54, 1.807) is 44.8 Å². The van der Waals surface area contributed by atoms with E-state index in [9.17, 15) is 4.79 Å². The van der Waals surface area contributed by atoms with Gasteiger partial charge in [0.25, 0.3) is 0 Å². The number of methoxy groups -OCH3 is 3. The van der Waals surface area contributed by atoms with Gasteiger partial charge < -0.3 is 24.8 Å². The van der Waals surface area contributed by atoms with E-state index in [1.807, 2.05) is 6.07 Å². The number of hydrogen-bond donors (Lipinski definition) is 2. The Morgan fingerprint density at radius 3 is 2.58 bits per heavy atom. The Hall–Kier alpha value is -2.50. The fraction of sp³-hybridized carbons (Fsp3) is 0.350. The molecule has 3 aromatic rings. The van der Waals surface area contributed by atoms with E-state index in [-0.39, 0.29) is 11.7 Å². The Bertz CT molecular complexity index is 979. The Morgan fingerprint density at radius 2 is 1.87 bits per heavy atom. The number of thioether (sulfide) groups is 1. The van der Waals surface area contributed by atoms with Crippen LogP contribution >= 0.6 is 34.4 Å². The number of aromatic nitrogens is 2. The smallest absolute Gasteiger partial charge is 0.230 e. The molecule has 0 bridgehead atoms. The molecule has 0 aliphatic rings. The second-order valence-corrected chi connectivity index (χ2v) is 9.45. The molecule has 0 saturated carbocycles. The third kappa shape index (κ3) is 6.74. The number of amides is 1. The Kier molecular flexibility index (Phi) is 8.80. The van der Waals surface area contributed by atoms with Crippen LogP contribution in [0.4, 0.5) is 5.13 Å². The maximum absolute atomic E-state index is 12.3. The number of carbonyl (C=O) groups excluding carboxylic acids is 1. The first kappa shape index (κ1) is 23.2. The molecule has 0 unspecified atom stereocenters. The number of benzene rings is 1. The second-order valence-electron chi connectivity index (χ2n) is 6.21. The number of hydrogen-bond acceptors (Lipinski definition) is 10. The quantitative estimate of drug-likeness (QED) is 0.379. The summed E-state index contributed by atoms with van der Waals surface area (Å²) in [5, 5.41) is 17.3. The second kappa shape index (κ2) is 11.8. The molecule has 2 heterocycles. The lowest BCUT2D eigenvalue weighted by molar-refractivity contribution is -0.118. The van der Waals surface area contributed by atoms with Crippen molar-refractivity contribution in [3.63, 3.8) is 0 Å². The predicted molar refractivity (Wildman–Crippen MR) is 125 cm³/mol. The molecule has 0 aliphatic carbocycles. The molecule has 1 amide bonds. The lowest BCUT2D eigenvalue weighted by atomic mass is 10.1. The van der Waals surface area contributed by atoms with E-state index in [0.29, 0.717) is 23.8 Å². The first-order valence-electron chi connectivity index (χ1n) is 9.41. The van der Waals surface area contributed by atoms with Crippen molar-refractivity contribution < 1.29 is 19.0 Å². The van der Waals surface area contributed by atoms with Crippen LogP contribution < -0.4 is 24.8 Å². The zero-order chi connectivity index (χ0) is 22.1. The summed E-state index contributed by atoms with van der Waals surface area (Å²) in [5.74, 6) is 1.91. The van der Waals surface area contributed by atoms with E-state index in [0.717, 1.165) is 28.0 Å². The minimum Gasteiger partial charge on any atom is -0.496 e. The van der Waals surface area contributed by atoms with Crippen LogP contribution in [-0.2, 0) is 17.8 Å². The van der Waals surface area contributed by atoms with Crippen LogP contribution in [-0.4, -0.2) is 49.7 Å². The molecular weight excluding hydrogens is 456 g/mol. The summed E-state index contributed by atoms with van der Waals surface area (Å²) >= 11 is 4.54. The number of thiophene rings is 1. The molecule has 0 atom stereocenters. The summed E-state index contributed by atoms with van der Waals surface area (Å²) in [4.78, 5) is 13.6. The van der Waals surface area contributed by atoms with Crippen molar-refractivity contribution in [2.24, 2.45) is 0 Å². The van der Waals surface area contributed by atoms with Gasteiger partial charge in [0, 0.05) is 29.6 Å². The monoisotopic (exact) mass is 480 g/mol. The first-order valence-corrected chi connectivity index (χ1v) is 12.1. The van der Waals surface area contributed by atoms with Gasteiger partial charge in [0.2, 0.25) is 11.0 Å².